The van der Waals surface area contributed by atoms with Gasteiger partial charge in [0.15, 0.2) is 11.6 Å². The Kier molecular flexibility index (Phi) is 3.85. The predicted octanol–water partition coefficient (Wildman–Crippen LogP) is 1.73. The summed E-state index contributed by atoms with van der Waals surface area (Å²) in [5.41, 5.74) is 0.0264. The zero-order valence-corrected chi connectivity index (χ0v) is 12.4. The number of rotatable bonds is 2. The molecule has 0 saturated carbocycles. The summed E-state index contributed by atoms with van der Waals surface area (Å²) in [6, 6.07) is 3.31. The largest absolute Gasteiger partial charge is 0.336 e. The molecule has 0 spiro atoms. The van der Waals surface area contributed by atoms with Crippen LogP contribution in [0.1, 0.15) is 25.3 Å². The lowest BCUT2D eigenvalue weighted by Gasteiger charge is -2.41. The van der Waals surface area contributed by atoms with Crippen LogP contribution in [0.4, 0.5) is 8.78 Å². The lowest BCUT2D eigenvalue weighted by molar-refractivity contribution is -0.152. The van der Waals surface area contributed by atoms with Gasteiger partial charge in [0, 0.05) is 24.7 Å². The number of hydrogen-bond acceptors (Lipinski definition) is 2. The van der Waals surface area contributed by atoms with Gasteiger partial charge in [0.25, 0.3) is 0 Å². The van der Waals surface area contributed by atoms with Crippen LogP contribution in [0.2, 0.25) is 0 Å². The second-order valence-electron chi connectivity index (χ2n) is 5.94. The fourth-order valence-corrected chi connectivity index (χ4v) is 3.34. The lowest BCUT2D eigenvalue weighted by atomic mass is 10.0. The fraction of sp³-hybridized carbons (Fsp3) is 0.500. The third-order valence-electron chi connectivity index (χ3n) is 4.59. The number of nitrogens with zero attached hydrogens (tertiary/aromatic N) is 2. The van der Waals surface area contributed by atoms with E-state index in [0.29, 0.717) is 6.54 Å². The van der Waals surface area contributed by atoms with Gasteiger partial charge in [-0.15, -0.1) is 0 Å². The number of piperazine rings is 1. The Hall–Kier alpha value is -1.98. The van der Waals surface area contributed by atoms with Gasteiger partial charge in [-0.3, -0.25) is 9.59 Å². The first-order chi connectivity index (χ1) is 10.5. The summed E-state index contributed by atoms with van der Waals surface area (Å²) in [5.74, 6) is -2.34. The Bertz CT molecular complexity index is 620. The number of amides is 2. The van der Waals surface area contributed by atoms with Crippen LogP contribution in [-0.2, 0) is 16.0 Å². The monoisotopic (exact) mass is 308 g/mol. The van der Waals surface area contributed by atoms with Gasteiger partial charge < -0.3 is 9.80 Å². The van der Waals surface area contributed by atoms with Gasteiger partial charge in [0.1, 0.15) is 6.04 Å². The molecule has 1 aromatic rings. The van der Waals surface area contributed by atoms with Crippen molar-refractivity contribution in [3.8, 4) is 0 Å². The quantitative estimate of drug-likeness (QED) is 0.835. The van der Waals surface area contributed by atoms with Crippen molar-refractivity contribution in [3.05, 3.63) is 35.4 Å². The van der Waals surface area contributed by atoms with Crippen LogP contribution in [0.3, 0.4) is 0 Å². The molecular weight excluding hydrogens is 290 g/mol. The number of fused-ring (bicyclic) bond motifs is 1. The van der Waals surface area contributed by atoms with Gasteiger partial charge >= 0.3 is 0 Å². The average Bonchev–Trinajstić information content (AvgIpc) is 2.96. The number of carbonyl (C=O) groups is 2. The number of hydrogen-bond donors (Lipinski definition) is 0. The molecule has 2 saturated heterocycles. The van der Waals surface area contributed by atoms with Crippen molar-refractivity contribution in [2.24, 2.45) is 0 Å². The van der Waals surface area contributed by atoms with Crippen LogP contribution in [0, 0.1) is 11.6 Å². The summed E-state index contributed by atoms with van der Waals surface area (Å²) in [6.07, 6.45) is 1.61. The predicted molar refractivity (Wildman–Crippen MR) is 76.0 cm³/mol. The van der Waals surface area contributed by atoms with E-state index >= 15 is 0 Å². The Morgan fingerprint density at radius 3 is 2.91 bits per heavy atom. The molecule has 1 aromatic carbocycles. The summed E-state index contributed by atoms with van der Waals surface area (Å²) < 4.78 is 26.9. The molecule has 0 bridgehead atoms. The van der Waals surface area contributed by atoms with Crippen molar-refractivity contribution in [2.75, 3.05) is 13.1 Å². The molecule has 0 N–H and O–H groups in total. The molecule has 2 amide bonds. The van der Waals surface area contributed by atoms with Crippen molar-refractivity contribution in [3.63, 3.8) is 0 Å². The molecule has 2 aliphatic heterocycles. The van der Waals surface area contributed by atoms with E-state index in [0.717, 1.165) is 25.5 Å². The third kappa shape index (κ3) is 2.46. The Morgan fingerprint density at radius 2 is 2.14 bits per heavy atom. The van der Waals surface area contributed by atoms with Crippen LogP contribution >= 0.6 is 0 Å². The van der Waals surface area contributed by atoms with E-state index in [1.165, 1.54) is 17.0 Å². The SMILES string of the molecule is C[C@@H]1C(=O)N2CCC[C@@H]2CN1C(=O)Cc1cccc(F)c1F. The summed E-state index contributed by atoms with van der Waals surface area (Å²) in [4.78, 5) is 28.1. The molecule has 2 aliphatic rings. The maximum Gasteiger partial charge on any atom is 0.245 e. The van der Waals surface area contributed by atoms with Crippen molar-refractivity contribution >= 4 is 11.8 Å². The topological polar surface area (TPSA) is 40.6 Å². The van der Waals surface area contributed by atoms with E-state index < -0.39 is 17.7 Å². The Balaban J connectivity index is 1.77. The molecule has 6 heteroatoms. The second kappa shape index (κ2) is 5.66. The van der Waals surface area contributed by atoms with Crippen LogP contribution in [-0.4, -0.2) is 46.8 Å². The number of carbonyl (C=O) groups excluding carboxylic acids is 2. The normalized spacial score (nSPS) is 24.6. The highest BCUT2D eigenvalue weighted by Crippen LogP contribution is 2.26. The third-order valence-corrected chi connectivity index (χ3v) is 4.59. The highest BCUT2D eigenvalue weighted by Gasteiger charge is 2.41. The summed E-state index contributed by atoms with van der Waals surface area (Å²) in [7, 11) is 0. The molecular formula is C16H18F2N2O2. The molecule has 2 atom stereocenters. The molecule has 118 valence electrons. The minimum absolute atomic E-state index is 0.0264. The molecule has 3 rings (SSSR count). The zero-order chi connectivity index (χ0) is 15.9. The summed E-state index contributed by atoms with van der Waals surface area (Å²) >= 11 is 0. The first-order valence-corrected chi connectivity index (χ1v) is 7.52. The molecule has 0 unspecified atom stereocenters. The van der Waals surface area contributed by atoms with Crippen LogP contribution in [0.5, 0.6) is 0 Å². The maximum atomic E-state index is 13.7. The summed E-state index contributed by atoms with van der Waals surface area (Å²) in [6.45, 7) is 2.91. The highest BCUT2D eigenvalue weighted by molar-refractivity contribution is 5.89. The van der Waals surface area contributed by atoms with E-state index in [2.05, 4.69) is 0 Å². The average molecular weight is 308 g/mol. The number of benzene rings is 1. The van der Waals surface area contributed by atoms with Gasteiger partial charge in [-0.25, -0.2) is 8.78 Å². The van der Waals surface area contributed by atoms with E-state index in [-0.39, 0.29) is 29.8 Å². The van der Waals surface area contributed by atoms with Gasteiger partial charge in [0.05, 0.1) is 6.42 Å². The van der Waals surface area contributed by atoms with E-state index in [1.807, 2.05) is 4.90 Å². The maximum absolute atomic E-state index is 13.7. The van der Waals surface area contributed by atoms with Crippen molar-refractivity contribution in [2.45, 2.75) is 38.3 Å². The van der Waals surface area contributed by atoms with Gasteiger partial charge in [0.2, 0.25) is 11.8 Å². The highest BCUT2D eigenvalue weighted by atomic mass is 19.2. The van der Waals surface area contributed by atoms with Crippen LogP contribution in [0.25, 0.3) is 0 Å². The first-order valence-electron chi connectivity index (χ1n) is 7.52. The fourth-order valence-electron chi connectivity index (χ4n) is 3.34. The van der Waals surface area contributed by atoms with Crippen molar-refractivity contribution < 1.29 is 18.4 Å². The lowest BCUT2D eigenvalue weighted by Crippen LogP contribution is -2.60. The molecule has 2 heterocycles. The first kappa shape index (κ1) is 14.9. The van der Waals surface area contributed by atoms with Gasteiger partial charge in [-0.2, -0.15) is 0 Å². The molecule has 22 heavy (non-hydrogen) atoms. The van der Waals surface area contributed by atoms with Crippen LogP contribution < -0.4 is 0 Å². The van der Waals surface area contributed by atoms with Crippen LogP contribution in [0.15, 0.2) is 18.2 Å². The molecule has 0 radical (unpaired) electrons. The Labute approximate surface area is 127 Å². The standard InChI is InChI=1S/C16H18F2N2O2/c1-10-16(22)19-7-3-5-12(19)9-20(10)14(21)8-11-4-2-6-13(17)15(11)18/h2,4,6,10,12H,3,5,7-9H2,1H3/t10-,12-/m1/s1. The van der Waals surface area contributed by atoms with Crippen molar-refractivity contribution in [1.82, 2.24) is 9.80 Å². The van der Waals surface area contributed by atoms with Crippen molar-refractivity contribution in [1.29, 1.82) is 0 Å². The van der Waals surface area contributed by atoms with E-state index in [4.69, 9.17) is 0 Å². The van der Waals surface area contributed by atoms with Gasteiger partial charge in [-0.1, -0.05) is 12.1 Å². The van der Waals surface area contributed by atoms with E-state index in [1.54, 1.807) is 6.92 Å². The number of halogens is 2. The smallest absolute Gasteiger partial charge is 0.245 e. The van der Waals surface area contributed by atoms with E-state index in [9.17, 15) is 18.4 Å². The zero-order valence-electron chi connectivity index (χ0n) is 12.4. The minimum Gasteiger partial charge on any atom is -0.336 e. The minimum atomic E-state index is -0.991. The molecule has 0 aromatic heterocycles. The molecule has 4 nitrogen and oxygen atoms in total. The summed E-state index contributed by atoms with van der Waals surface area (Å²) in [5, 5.41) is 0. The molecule has 0 aliphatic carbocycles. The second-order valence-corrected chi connectivity index (χ2v) is 5.94. The van der Waals surface area contributed by atoms with Gasteiger partial charge in [-0.05, 0) is 25.8 Å². The molecule has 2 fully saturated rings. The Morgan fingerprint density at radius 1 is 1.36 bits per heavy atom.